The highest BCUT2D eigenvalue weighted by Crippen LogP contribution is 2.28. The first-order chi connectivity index (χ1) is 11.5. The second-order valence-electron chi connectivity index (χ2n) is 5.01. The van der Waals surface area contributed by atoms with E-state index < -0.39 is 5.97 Å². The predicted molar refractivity (Wildman–Crippen MR) is 92.0 cm³/mol. The van der Waals surface area contributed by atoms with Crippen molar-refractivity contribution in [3.05, 3.63) is 58.4 Å². The second kappa shape index (κ2) is 6.76. The van der Waals surface area contributed by atoms with Crippen molar-refractivity contribution >= 4 is 40.6 Å². The number of furan rings is 1. The number of hydrogen-bond donors (Lipinski definition) is 1. The first-order valence-electron chi connectivity index (χ1n) is 7.09. The van der Waals surface area contributed by atoms with Crippen molar-refractivity contribution in [1.29, 1.82) is 0 Å². The van der Waals surface area contributed by atoms with Crippen molar-refractivity contribution in [2.45, 2.75) is 6.92 Å². The molecule has 122 valence electrons. The van der Waals surface area contributed by atoms with Gasteiger partial charge in [0.05, 0.1) is 17.7 Å². The van der Waals surface area contributed by atoms with Gasteiger partial charge < -0.3 is 14.5 Å². The maximum atomic E-state index is 12.0. The van der Waals surface area contributed by atoms with E-state index in [1.807, 2.05) is 31.2 Å². The topological polar surface area (TPSA) is 80.9 Å². The normalized spacial score (nSPS) is 17.3. The summed E-state index contributed by atoms with van der Waals surface area (Å²) < 4.78 is 9.91. The van der Waals surface area contributed by atoms with E-state index in [1.165, 1.54) is 24.9 Å². The number of carbonyl (C=O) groups excluding carboxylic acids is 2. The number of hydrogen-bond acceptors (Lipinski definition) is 6. The predicted octanol–water partition coefficient (Wildman–Crippen LogP) is 3.27. The molecule has 0 radical (unpaired) electrons. The van der Waals surface area contributed by atoms with Crippen LogP contribution in [0.15, 0.2) is 50.7 Å². The number of ether oxygens (including phenoxy) is 1. The summed E-state index contributed by atoms with van der Waals surface area (Å²) in [7, 11) is 1.28. The number of amidine groups is 1. The summed E-state index contributed by atoms with van der Waals surface area (Å²) in [5, 5.41) is 3.20. The van der Waals surface area contributed by atoms with Crippen LogP contribution in [0.25, 0.3) is 6.08 Å². The van der Waals surface area contributed by atoms with Crippen molar-refractivity contribution in [3.8, 4) is 0 Å². The minimum atomic E-state index is -0.565. The van der Waals surface area contributed by atoms with Gasteiger partial charge in [0, 0.05) is 6.08 Å². The Hall–Kier alpha value is -2.80. The van der Waals surface area contributed by atoms with Crippen molar-refractivity contribution in [2.24, 2.45) is 4.99 Å². The van der Waals surface area contributed by atoms with Gasteiger partial charge in [0.2, 0.25) is 5.76 Å². The molecule has 0 atom stereocenters. The van der Waals surface area contributed by atoms with Crippen molar-refractivity contribution in [2.75, 3.05) is 7.11 Å². The van der Waals surface area contributed by atoms with Crippen LogP contribution in [-0.4, -0.2) is 24.2 Å². The average Bonchev–Trinajstić information content (AvgIpc) is 3.14. The van der Waals surface area contributed by atoms with Crippen LogP contribution in [0.4, 0.5) is 5.69 Å². The molecule has 0 saturated carbocycles. The zero-order valence-electron chi connectivity index (χ0n) is 13.0. The highest BCUT2D eigenvalue weighted by atomic mass is 32.2. The van der Waals surface area contributed by atoms with E-state index in [4.69, 9.17) is 4.42 Å². The zero-order chi connectivity index (χ0) is 17.1. The number of amides is 1. The minimum absolute atomic E-state index is 0.0846. The van der Waals surface area contributed by atoms with E-state index in [0.717, 1.165) is 11.3 Å². The Morgan fingerprint density at radius 2 is 2.17 bits per heavy atom. The molecule has 0 spiro atoms. The third-order valence-electron chi connectivity index (χ3n) is 3.17. The molecule has 0 unspecified atom stereocenters. The van der Waals surface area contributed by atoms with Crippen molar-refractivity contribution in [1.82, 2.24) is 5.32 Å². The van der Waals surface area contributed by atoms with Crippen LogP contribution in [0.2, 0.25) is 0 Å². The Balaban J connectivity index is 1.79. The Labute approximate surface area is 142 Å². The molecule has 2 aromatic rings. The number of carbonyl (C=O) groups is 2. The summed E-state index contributed by atoms with van der Waals surface area (Å²) in [5.74, 6) is -0.349. The fraction of sp³-hybridized carbons (Fsp3) is 0.118. The summed E-state index contributed by atoms with van der Waals surface area (Å²) in [5.41, 5.74) is 1.86. The molecule has 3 rings (SSSR count). The van der Waals surface area contributed by atoms with E-state index in [2.05, 4.69) is 15.0 Å². The molecule has 24 heavy (non-hydrogen) atoms. The minimum Gasteiger partial charge on any atom is -0.463 e. The highest BCUT2D eigenvalue weighted by molar-refractivity contribution is 8.18. The molecule has 2 heterocycles. The first kappa shape index (κ1) is 16.1. The van der Waals surface area contributed by atoms with E-state index in [0.29, 0.717) is 15.8 Å². The molecular weight excluding hydrogens is 328 g/mol. The van der Waals surface area contributed by atoms with Gasteiger partial charge in [-0.25, -0.2) is 9.79 Å². The standard InChI is InChI=1S/C17H14N2O4S/c1-10-4-3-5-11(8-10)18-17-19-15(20)14(24-17)9-12-6-7-13(23-12)16(21)22-2/h3-9H,1-2H3,(H,18,19,20)/b14-9-. The molecule has 1 aliphatic rings. The van der Waals surface area contributed by atoms with Crippen LogP contribution in [0.5, 0.6) is 0 Å². The number of thioether (sulfide) groups is 1. The zero-order valence-corrected chi connectivity index (χ0v) is 13.8. The molecular formula is C17H14N2O4S. The number of aliphatic imine (C=N–C) groups is 1. The number of nitrogens with zero attached hydrogens (tertiary/aromatic N) is 1. The molecule has 7 heteroatoms. The summed E-state index contributed by atoms with van der Waals surface area (Å²) in [6.07, 6.45) is 1.56. The summed E-state index contributed by atoms with van der Waals surface area (Å²) >= 11 is 1.21. The van der Waals surface area contributed by atoms with Crippen LogP contribution in [0.1, 0.15) is 21.9 Å². The van der Waals surface area contributed by atoms with Gasteiger partial charge in [-0.15, -0.1) is 0 Å². The molecule has 0 bridgehead atoms. The maximum Gasteiger partial charge on any atom is 0.373 e. The lowest BCUT2D eigenvalue weighted by molar-refractivity contribution is -0.115. The molecule has 0 aliphatic carbocycles. The van der Waals surface area contributed by atoms with Crippen LogP contribution in [0, 0.1) is 6.92 Å². The fourth-order valence-corrected chi connectivity index (χ4v) is 2.89. The van der Waals surface area contributed by atoms with Crippen molar-refractivity contribution < 1.29 is 18.7 Å². The van der Waals surface area contributed by atoms with Gasteiger partial charge in [-0.2, -0.15) is 0 Å². The quantitative estimate of drug-likeness (QED) is 0.684. The Kier molecular flexibility index (Phi) is 4.52. The van der Waals surface area contributed by atoms with Gasteiger partial charge in [0.1, 0.15) is 5.76 Å². The summed E-state index contributed by atoms with van der Waals surface area (Å²) in [6.45, 7) is 1.98. The third kappa shape index (κ3) is 3.57. The van der Waals surface area contributed by atoms with Crippen LogP contribution in [0.3, 0.4) is 0 Å². The molecule has 1 aromatic carbocycles. The van der Waals surface area contributed by atoms with Crippen LogP contribution in [-0.2, 0) is 9.53 Å². The molecule has 1 N–H and O–H groups in total. The largest absolute Gasteiger partial charge is 0.463 e. The fourth-order valence-electron chi connectivity index (χ4n) is 2.07. The Morgan fingerprint density at radius 1 is 1.33 bits per heavy atom. The van der Waals surface area contributed by atoms with Gasteiger partial charge >= 0.3 is 5.97 Å². The van der Waals surface area contributed by atoms with Gasteiger partial charge in [-0.3, -0.25) is 4.79 Å². The Morgan fingerprint density at radius 3 is 2.92 bits per heavy atom. The molecule has 1 saturated heterocycles. The summed E-state index contributed by atoms with van der Waals surface area (Å²) in [6, 6.07) is 10.8. The molecule has 1 amide bonds. The van der Waals surface area contributed by atoms with Gasteiger partial charge in [0.25, 0.3) is 5.91 Å². The number of methoxy groups -OCH3 is 1. The Bertz CT molecular complexity index is 867. The van der Waals surface area contributed by atoms with Crippen LogP contribution < -0.4 is 5.32 Å². The average molecular weight is 342 g/mol. The molecule has 1 aliphatic heterocycles. The third-order valence-corrected chi connectivity index (χ3v) is 4.08. The molecule has 6 nitrogen and oxygen atoms in total. The van der Waals surface area contributed by atoms with Gasteiger partial charge in [-0.1, -0.05) is 12.1 Å². The van der Waals surface area contributed by atoms with Crippen LogP contribution >= 0.6 is 11.8 Å². The lowest BCUT2D eigenvalue weighted by Gasteiger charge is -1.97. The number of rotatable bonds is 3. The number of aryl methyl sites for hydroxylation is 1. The number of nitrogens with one attached hydrogen (secondary N) is 1. The van der Waals surface area contributed by atoms with Gasteiger partial charge in [-0.05, 0) is 48.5 Å². The van der Waals surface area contributed by atoms with Gasteiger partial charge in [0.15, 0.2) is 5.17 Å². The van der Waals surface area contributed by atoms with E-state index >= 15 is 0 Å². The van der Waals surface area contributed by atoms with E-state index in [9.17, 15) is 9.59 Å². The highest BCUT2D eigenvalue weighted by Gasteiger charge is 2.24. The first-order valence-corrected chi connectivity index (χ1v) is 7.91. The SMILES string of the molecule is COC(=O)c1ccc(/C=C2\SC(=Nc3cccc(C)c3)NC2=O)o1. The van der Waals surface area contributed by atoms with E-state index in [1.54, 1.807) is 12.1 Å². The monoisotopic (exact) mass is 342 g/mol. The lowest BCUT2D eigenvalue weighted by atomic mass is 10.2. The number of benzene rings is 1. The van der Waals surface area contributed by atoms with E-state index in [-0.39, 0.29) is 11.7 Å². The number of esters is 1. The molecule has 1 fully saturated rings. The maximum absolute atomic E-state index is 12.0. The second-order valence-corrected chi connectivity index (χ2v) is 6.04. The smallest absolute Gasteiger partial charge is 0.373 e. The lowest BCUT2D eigenvalue weighted by Crippen LogP contribution is -2.19. The molecule has 1 aromatic heterocycles. The van der Waals surface area contributed by atoms with Crippen molar-refractivity contribution in [3.63, 3.8) is 0 Å². The summed E-state index contributed by atoms with van der Waals surface area (Å²) in [4.78, 5) is 28.2.